The molecule has 2 N–H and O–H groups in total. The molecule has 0 aliphatic heterocycles. The fourth-order valence-electron chi connectivity index (χ4n) is 1.63. The molecular formula is C13H10N4O. The van der Waals surface area contributed by atoms with Crippen molar-refractivity contribution in [3.8, 4) is 22.9 Å². The van der Waals surface area contributed by atoms with E-state index in [4.69, 9.17) is 10.2 Å². The van der Waals surface area contributed by atoms with Crippen molar-refractivity contribution in [1.29, 1.82) is 0 Å². The van der Waals surface area contributed by atoms with Crippen LogP contribution >= 0.6 is 0 Å². The minimum Gasteiger partial charge on any atom is -0.416 e. The molecule has 0 saturated carbocycles. The molecule has 0 bridgehead atoms. The smallest absolute Gasteiger partial charge is 0.251 e. The normalized spacial score (nSPS) is 10.4. The zero-order valence-corrected chi connectivity index (χ0v) is 9.45. The predicted molar refractivity (Wildman–Crippen MR) is 67.4 cm³/mol. The lowest BCUT2D eigenvalue weighted by Crippen LogP contribution is -1.92. The summed E-state index contributed by atoms with van der Waals surface area (Å²) in [4.78, 5) is 3.99. The summed E-state index contributed by atoms with van der Waals surface area (Å²) in [6.07, 6.45) is 1.62. The van der Waals surface area contributed by atoms with E-state index in [9.17, 15) is 0 Å². The maximum absolute atomic E-state index is 5.76. The lowest BCUT2D eigenvalue weighted by molar-refractivity contribution is 0.584. The zero-order chi connectivity index (χ0) is 12.4. The van der Waals surface area contributed by atoms with Crippen LogP contribution in [-0.4, -0.2) is 15.2 Å². The first-order chi connectivity index (χ1) is 8.84. The fraction of sp³-hybridized carbons (Fsp3) is 0. The van der Waals surface area contributed by atoms with Gasteiger partial charge in [-0.1, -0.05) is 18.2 Å². The van der Waals surface area contributed by atoms with E-state index in [1.807, 2.05) is 30.3 Å². The number of benzene rings is 1. The van der Waals surface area contributed by atoms with E-state index in [0.717, 1.165) is 5.56 Å². The van der Waals surface area contributed by atoms with Gasteiger partial charge in [-0.05, 0) is 24.3 Å². The Bertz CT molecular complexity index is 664. The highest BCUT2D eigenvalue weighted by Crippen LogP contribution is 2.25. The molecule has 0 amide bonds. The number of hydrogen-bond donors (Lipinski definition) is 1. The van der Waals surface area contributed by atoms with E-state index in [1.165, 1.54) is 0 Å². The molecule has 5 nitrogen and oxygen atoms in total. The van der Waals surface area contributed by atoms with Crippen LogP contribution in [-0.2, 0) is 0 Å². The van der Waals surface area contributed by atoms with Gasteiger partial charge < -0.3 is 10.2 Å². The van der Waals surface area contributed by atoms with Gasteiger partial charge >= 0.3 is 0 Å². The molecule has 3 rings (SSSR count). The Balaban J connectivity index is 2.03. The highest BCUT2D eigenvalue weighted by atomic mass is 16.4. The van der Waals surface area contributed by atoms with Crippen molar-refractivity contribution in [2.75, 3.05) is 5.73 Å². The molecular weight excluding hydrogens is 228 g/mol. The van der Waals surface area contributed by atoms with E-state index in [0.29, 0.717) is 23.2 Å². The van der Waals surface area contributed by atoms with Crippen molar-refractivity contribution >= 4 is 5.82 Å². The van der Waals surface area contributed by atoms with Crippen molar-refractivity contribution in [3.05, 3.63) is 48.7 Å². The number of nitrogens with two attached hydrogens (primary N) is 1. The zero-order valence-electron chi connectivity index (χ0n) is 9.45. The second-order valence-corrected chi connectivity index (χ2v) is 3.71. The lowest BCUT2D eigenvalue weighted by atomic mass is 10.2. The first kappa shape index (κ1) is 10.5. The topological polar surface area (TPSA) is 77.8 Å². The molecule has 2 heterocycles. The summed E-state index contributed by atoms with van der Waals surface area (Å²) in [7, 11) is 0. The summed E-state index contributed by atoms with van der Waals surface area (Å²) in [5.41, 5.74) is 7.28. The quantitative estimate of drug-likeness (QED) is 0.741. The van der Waals surface area contributed by atoms with Crippen molar-refractivity contribution in [1.82, 2.24) is 15.2 Å². The summed E-state index contributed by atoms with van der Waals surface area (Å²) < 4.78 is 5.59. The van der Waals surface area contributed by atoms with Crippen LogP contribution in [0.1, 0.15) is 0 Å². The molecule has 0 atom stereocenters. The van der Waals surface area contributed by atoms with Crippen molar-refractivity contribution < 1.29 is 4.42 Å². The molecule has 5 heteroatoms. The first-order valence-electron chi connectivity index (χ1n) is 5.44. The summed E-state index contributed by atoms with van der Waals surface area (Å²) in [6, 6.07) is 13.1. The van der Waals surface area contributed by atoms with Crippen molar-refractivity contribution in [2.24, 2.45) is 0 Å². The Morgan fingerprint density at radius 1 is 0.889 bits per heavy atom. The number of aromatic nitrogens is 3. The Labute approximate surface area is 103 Å². The highest BCUT2D eigenvalue weighted by molar-refractivity contribution is 5.67. The van der Waals surface area contributed by atoms with Crippen LogP contribution in [0.5, 0.6) is 0 Å². The van der Waals surface area contributed by atoms with E-state index in [-0.39, 0.29) is 0 Å². The monoisotopic (exact) mass is 238 g/mol. The molecule has 0 fully saturated rings. The molecule has 18 heavy (non-hydrogen) atoms. The average molecular weight is 238 g/mol. The van der Waals surface area contributed by atoms with Gasteiger partial charge in [-0.3, -0.25) is 0 Å². The van der Waals surface area contributed by atoms with Crippen LogP contribution in [0, 0.1) is 0 Å². The van der Waals surface area contributed by atoms with Gasteiger partial charge in [0.1, 0.15) is 5.82 Å². The molecule has 1 aromatic carbocycles. The van der Waals surface area contributed by atoms with E-state index < -0.39 is 0 Å². The summed E-state index contributed by atoms with van der Waals surface area (Å²) in [6.45, 7) is 0. The molecule has 2 aromatic heterocycles. The first-order valence-corrected chi connectivity index (χ1v) is 5.44. The van der Waals surface area contributed by atoms with Crippen LogP contribution in [0.25, 0.3) is 22.9 Å². The molecule has 0 spiro atoms. The van der Waals surface area contributed by atoms with E-state index >= 15 is 0 Å². The maximum atomic E-state index is 5.76. The molecule has 0 saturated heterocycles. The SMILES string of the molecule is Nc1ncccc1-c1nnc(-c2ccccc2)o1. The van der Waals surface area contributed by atoms with Gasteiger partial charge in [0.2, 0.25) is 5.89 Å². The van der Waals surface area contributed by atoms with Gasteiger partial charge in [-0.2, -0.15) is 0 Å². The minimum absolute atomic E-state index is 0.374. The number of hydrogen-bond acceptors (Lipinski definition) is 5. The summed E-state index contributed by atoms with van der Waals surface area (Å²) >= 11 is 0. The molecule has 88 valence electrons. The number of pyridine rings is 1. The summed E-state index contributed by atoms with van der Waals surface area (Å²) in [5.74, 6) is 1.22. The van der Waals surface area contributed by atoms with Gasteiger partial charge in [0.15, 0.2) is 0 Å². The molecule has 0 unspecified atom stereocenters. The Kier molecular flexibility index (Phi) is 2.49. The Morgan fingerprint density at radius 3 is 2.44 bits per heavy atom. The number of anilines is 1. The second-order valence-electron chi connectivity index (χ2n) is 3.71. The third kappa shape index (κ3) is 1.82. The second kappa shape index (κ2) is 4.29. The van der Waals surface area contributed by atoms with Crippen molar-refractivity contribution in [2.45, 2.75) is 0 Å². The fourth-order valence-corrected chi connectivity index (χ4v) is 1.63. The van der Waals surface area contributed by atoms with Crippen LogP contribution in [0.15, 0.2) is 53.1 Å². The van der Waals surface area contributed by atoms with Crippen LogP contribution in [0.3, 0.4) is 0 Å². The number of rotatable bonds is 2. The third-order valence-electron chi connectivity index (χ3n) is 2.51. The predicted octanol–water partition coefficient (Wildman–Crippen LogP) is 2.38. The standard InChI is InChI=1S/C13H10N4O/c14-11-10(7-4-8-15-11)13-17-16-12(18-13)9-5-2-1-3-6-9/h1-8H,(H2,14,15). The maximum Gasteiger partial charge on any atom is 0.251 e. The number of nitrogen functional groups attached to an aromatic ring is 1. The van der Waals surface area contributed by atoms with E-state index in [1.54, 1.807) is 18.3 Å². The molecule has 0 radical (unpaired) electrons. The van der Waals surface area contributed by atoms with Gasteiger partial charge in [-0.25, -0.2) is 4.98 Å². The van der Waals surface area contributed by atoms with Gasteiger partial charge in [0, 0.05) is 11.8 Å². The van der Waals surface area contributed by atoms with Gasteiger partial charge in [-0.15, -0.1) is 10.2 Å². The van der Waals surface area contributed by atoms with Crippen molar-refractivity contribution in [3.63, 3.8) is 0 Å². The highest BCUT2D eigenvalue weighted by Gasteiger charge is 2.12. The number of nitrogens with zero attached hydrogens (tertiary/aromatic N) is 3. The lowest BCUT2D eigenvalue weighted by Gasteiger charge is -1.97. The average Bonchev–Trinajstić information content (AvgIpc) is 2.90. The Morgan fingerprint density at radius 2 is 1.67 bits per heavy atom. The van der Waals surface area contributed by atoms with Crippen LogP contribution < -0.4 is 5.73 Å². The van der Waals surface area contributed by atoms with Gasteiger partial charge in [0.05, 0.1) is 5.56 Å². The Hall–Kier alpha value is -2.69. The van der Waals surface area contributed by atoms with Crippen LogP contribution in [0.4, 0.5) is 5.82 Å². The molecule has 0 aliphatic carbocycles. The van der Waals surface area contributed by atoms with Crippen LogP contribution in [0.2, 0.25) is 0 Å². The summed E-state index contributed by atoms with van der Waals surface area (Å²) in [5, 5.41) is 7.99. The van der Waals surface area contributed by atoms with E-state index in [2.05, 4.69) is 15.2 Å². The molecule has 3 aromatic rings. The van der Waals surface area contributed by atoms with Gasteiger partial charge in [0.25, 0.3) is 5.89 Å². The minimum atomic E-state index is 0.374. The third-order valence-corrected chi connectivity index (χ3v) is 2.51. The largest absolute Gasteiger partial charge is 0.416 e. The molecule has 0 aliphatic rings.